The Hall–Kier alpha value is -3.98. The predicted molar refractivity (Wildman–Crippen MR) is 178 cm³/mol. The molecular weight excluding hydrogens is 562 g/mol. The van der Waals surface area contributed by atoms with Crippen LogP contribution in [0.2, 0.25) is 0 Å². The van der Waals surface area contributed by atoms with Crippen molar-refractivity contribution in [2.75, 3.05) is 25.0 Å². The molecular formula is C36H45N7O2. The molecule has 0 spiro atoms. The van der Waals surface area contributed by atoms with Crippen molar-refractivity contribution in [3.8, 4) is 0 Å². The lowest BCUT2D eigenvalue weighted by Gasteiger charge is -2.45. The molecule has 3 aliphatic rings. The fourth-order valence-corrected chi connectivity index (χ4v) is 8.47. The number of H-pyrrole nitrogens is 1. The van der Waals surface area contributed by atoms with Crippen LogP contribution in [0.5, 0.6) is 0 Å². The average molecular weight is 608 g/mol. The van der Waals surface area contributed by atoms with Gasteiger partial charge < -0.3 is 14.8 Å². The van der Waals surface area contributed by atoms with Crippen molar-refractivity contribution in [2.24, 2.45) is 0 Å². The number of carbonyl (C=O) groups excluding carboxylic acids is 1. The van der Waals surface area contributed by atoms with Gasteiger partial charge in [-0.05, 0) is 95.4 Å². The largest absolute Gasteiger partial charge is 0.354 e. The van der Waals surface area contributed by atoms with Gasteiger partial charge in [0.05, 0.1) is 11.0 Å². The van der Waals surface area contributed by atoms with E-state index in [-0.39, 0.29) is 22.9 Å². The normalized spacial score (nSPS) is 23.1. The lowest BCUT2D eigenvalue weighted by Crippen LogP contribution is -2.49. The standard InChI is InChI=1S/C36H45N7O2/c1-24(2)38-35-37-23-30(33(44)40-35)34(45)41-18-15-36(16-19-41,26-9-5-4-6-10-26)17-20-42-27-13-14-28(42)22-29(21-27)43-25(3)39-31-11-7-8-12-32(31)43/h4-12,23-24,27-29H,13-22H2,1-3H3,(H2,37,38,40,44). The topological polar surface area (TPSA) is 99.2 Å². The third kappa shape index (κ3) is 5.67. The minimum absolute atomic E-state index is 0.00117. The molecule has 9 heteroatoms. The van der Waals surface area contributed by atoms with E-state index in [2.05, 4.69) is 86.3 Å². The molecule has 0 aliphatic carbocycles. The van der Waals surface area contributed by atoms with E-state index in [1.165, 1.54) is 43.0 Å². The monoisotopic (exact) mass is 607 g/mol. The number of nitrogens with one attached hydrogen (secondary N) is 2. The summed E-state index contributed by atoms with van der Waals surface area (Å²) in [6.45, 7) is 8.43. The molecule has 3 fully saturated rings. The Labute approximate surface area is 265 Å². The molecule has 4 aromatic rings. The van der Waals surface area contributed by atoms with Gasteiger partial charge in [-0.15, -0.1) is 0 Å². The molecule has 2 N–H and O–H groups in total. The highest BCUT2D eigenvalue weighted by Crippen LogP contribution is 2.45. The van der Waals surface area contributed by atoms with Gasteiger partial charge in [-0.2, -0.15) is 0 Å². The molecule has 5 heterocycles. The average Bonchev–Trinajstić information content (AvgIpc) is 3.50. The molecule has 3 saturated heterocycles. The van der Waals surface area contributed by atoms with Crippen LogP contribution in [0.1, 0.15) is 86.6 Å². The summed E-state index contributed by atoms with van der Waals surface area (Å²) in [6, 6.07) is 21.3. The number of amides is 1. The molecule has 2 unspecified atom stereocenters. The molecule has 9 nitrogen and oxygen atoms in total. The first kappa shape index (κ1) is 29.7. The van der Waals surface area contributed by atoms with E-state index in [9.17, 15) is 9.59 Å². The van der Waals surface area contributed by atoms with Gasteiger partial charge in [0.25, 0.3) is 11.5 Å². The van der Waals surface area contributed by atoms with E-state index in [0.29, 0.717) is 37.2 Å². The highest BCUT2D eigenvalue weighted by Gasteiger charge is 2.44. The zero-order valence-electron chi connectivity index (χ0n) is 26.7. The first-order valence-electron chi connectivity index (χ1n) is 16.7. The quantitative estimate of drug-likeness (QED) is 0.267. The Morgan fingerprint density at radius 2 is 1.69 bits per heavy atom. The summed E-state index contributed by atoms with van der Waals surface area (Å²) in [7, 11) is 0. The minimum atomic E-state index is -0.393. The van der Waals surface area contributed by atoms with E-state index < -0.39 is 5.56 Å². The van der Waals surface area contributed by atoms with Gasteiger partial charge in [0.15, 0.2) is 0 Å². The van der Waals surface area contributed by atoms with Gasteiger partial charge in [0.1, 0.15) is 11.4 Å². The second kappa shape index (κ2) is 12.1. The number of aryl methyl sites for hydroxylation is 1. The van der Waals surface area contributed by atoms with Crippen LogP contribution in [0.15, 0.2) is 65.6 Å². The van der Waals surface area contributed by atoms with Crippen molar-refractivity contribution in [3.05, 3.63) is 88.1 Å². The number of anilines is 1. The first-order valence-corrected chi connectivity index (χ1v) is 16.7. The summed E-state index contributed by atoms with van der Waals surface area (Å²) in [4.78, 5) is 42.8. The van der Waals surface area contributed by atoms with Gasteiger partial charge in [0, 0.05) is 43.5 Å². The fraction of sp³-hybridized carbons (Fsp3) is 0.500. The predicted octanol–water partition coefficient (Wildman–Crippen LogP) is 5.68. The number of aromatic nitrogens is 4. The molecule has 3 aliphatic heterocycles. The van der Waals surface area contributed by atoms with Crippen LogP contribution in [-0.2, 0) is 5.41 Å². The third-order valence-electron chi connectivity index (χ3n) is 10.7. The van der Waals surface area contributed by atoms with Crippen LogP contribution in [-0.4, -0.2) is 73.0 Å². The third-order valence-corrected chi connectivity index (χ3v) is 10.7. The second-order valence-corrected chi connectivity index (χ2v) is 13.7. The lowest BCUT2D eigenvalue weighted by molar-refractivity contribution is 0.0605. The number of rotatable bonds is 8. The van der Waals surface area contributed by atoms with Gasteiger partial charge in [0.2, 0.25) is 5.95 Å². The van der Waals surface area contributed by atoms with Crippen LogP contribution in [0.4, 0.5) is 5.95 Å². The van der Waals surface area contributed by atoms with Gasteiger partial charge in [-0.1, -0.05) is 42.5 Å². The van der Waals surface area contributed by atoms with E-state index >= 15 is 0 Å². The summed E-state index contributed by atoms with van der Waals surface area (Å²) in [5.41, 5.74) is 3.44. The van der Waals surface area contributed by atoms with Crippen molar-refractivity contribution in [1.82, 2.24) is 29.3 Å². The molecule has 0 radical (unpaired) electrons. The number of likely N-dealkylation sites (tertiary alicyclic amines) is 1. The maximum atomic E-state index is 13.5. The number of aromatic amines is 1. The Morgan fingerprint density at radius 1 is 1.00 bits per heavy atom. The molecule has 2 aromatic carbocycles. The Balaban J connectivity index is 1.05. The highest BCUT2D eigenvalue weighted by molar-refractivity contribution is 5.93. The van der Waals surface area contributed by atoms with Gasteiger partial charge >= 0.3 is 0 Å². The molecule has 1 amide bonds. The van der Waals surface area contributed by atoms with Crippen LogP contribution >= 0.6 is 0 Å². The molecule has 0 saturated carbocycles. The highest BCUT2D eigenvalue weighted by atomic mass is 16.2. The number of carbonyl (C=O) groups is 1. The summed E-state index contributed by atoms with van der Waals surface area (Å²) < 4.78 is 2.51. The van der Waals surface area contributed by atoms with Crippen molar-refractivity contribution in [2.45, 2.75) is 95.3 Å². The van der Waals surface area contributed by atoms with Crippen LogP contribution < -0.4 is 10.9 Å². The van der Waals surface area contributed by atoms with Crippen molar-refractivity contribution >= 4 is 22.9 Å². The maximum Gasteiger partial charge on any atom is 0.265 e. The van der Waals surface area contributed by atoms with Crippen molar-refractivity contribution in [3.63, 3.8) is 0 Å². The van der Waals surface area contributed by atoms with Gasteiger partial charge in [-0.25, -0.2) is 9.97 Å². The SMILES string of the molecule is Cc1nc2ccccc2n1C1CC2CCC(C1)N2CCC1(c2ccccc2)CCN(C(=O)c2cnc(NC(C)C)[nH]c2=O)CC1. The zero-order chi connectivity index (χ0) is 31.1. The van der Waals surface area contributed by atoms with E-state index in [4.69, 9.17) is 4.98 Å². The number of piperidine rings is 2. The number of hydrogen-bond acceptors (Lipinski definition) is 6. The molecule has 2 aromatic heterocycles. The van der Waals surface area contributed by atoms with E-state index in [1.807, 2.05) is 18.7 Å². The Morgan fingerprint density at radius 3 is 2.38 bits per heavy atom. The fourth-order valence-electron chi connectivity index (χ4n) is 8.47. The lowest BCUT2D eigenvalue weighted by atomic mass is 9.70. The molecule has 2 atom stereocenters. The number of nitrogens with zero attached hydrogens (tertiary/aromatic N) is 5. The minimum Gasteiger partial charge on any atom is -0.354 e. The molecule has 2 bridgehead atoms. The Kier molecular flexibility index (Phi) is 7.98. The molecule has 45 heavy (non-hydrogen) atoms. The summed E-state index contributed by atoms with van der Waals surface area (Å²) in [5, 5.41) is 3.09. The number of fused-ring (bicyclic) bond motifs is 3. The van der Waals surface area contributed by atoms with Crippen LogP contribution in [0.25, 0.3) is 11.0 Å². The summed E-state index contributed by atoms with van der Waals surface area (Å²) in [6.07, 6.45) is 9.13. The van der Waals surface area contributed by atoms with Crippen LogP contribution in [0.3, 0.4) is 0 Å². The van der Waals surface area contributed by atoms with Crippen molar-refractivity contribution < 1.29 is 4.79 Å². The number of hydrogen-bond donors (Lipinski definition) is 2. The zero-order valence-corrected chi connectivity index (χ0v) is 26.7. The summed E-state index contributed by atoms with van der Waals surface area (Å²) in [5.74, 6) is 1.28. The number of imidazole rings is 1. The van der Waals surface area contributed by atoms with E-state index in [1.54, 1.807) is 0 Å². The Bertz CT molecular complexity index is 1710. The van der Waals surface area contributed by atoms with E-state index in [0.717, 1.165) is 37.1 Å². The van der Waals surface area contributed by atoms with Crippen molar-refractivity contribution in [1.29, 1.82) is 0 Å². The maximum absolute atomic E-state index is 13.5. The van der Waals surface area contributed by atoms with Gasteiger partial charge in [-0.3, -0.25) is 19.5 Å². The smallest absolute Gasteiger partial charge is 0.265 e. The van der Waals surface area contributed by atoms with Crippen LogP contribution in [0, 0.1) is 6.92 Å². The summed E-state index contributed by atoms with van der Waals surface area (Å²) >= 11 is 0. The number of para-hydroxylation sites is 2. The molecule has 236 valence electrons. The second-order valence-electron chi connectivity index (χ2n) is 13.7. The molecule has 7 rings (SSSR count). The first-order chi connectivity index (χ1) is 21.8. The number of benzene rings is 2.